The summed E-state index contributed by atoms with van der Waals surface area (Å²) >= 11 is 0. The molecule has 0 saturated heterocycles. The number of rotatable bonds is 6. The maximum atomic E-state index is 14.4. The molecule has 0 fully saturated rings. The lowest BCUT2D eigenvalue weighted by Gasteiger charge is -2.09. The average molecular weight is 412 g/mol. The smallest absolute Gasteiger partial charge is 0.201 e. The van der Waals surface area contributed by atoms with Crippen molar-refractivity contribution >= 4 is 18.2 Å². The van der Waals surface area contributed by atoms with E-state index in [1.54, 1.807) is 50.3 Å². The van der Waals surface area contributed by atoms with E-state index >= 15 is 0 Å². The van der Waals surface area contributed by atoms with Gasteiger partial charge in [-0.2, -0.15) is 4.39 Å². The lowest BCUT2D eigenvalue weighted by molar-refractivity contribution is 0.314. The Morgan fingerprint density at radius 1 is 0.700 bits per heavy atom. The number of hydrogen-bond acceptors (Lipinski definition) is 1. The van der Waals surface area contributed by atoms with Crippen LogP contribution in [0.1, 0.15) is 30.5 Å². The summed E-state index contributed by atoms with van der Waals surface area (Å²) in [4.78, 5) is 0. The zero-order valence-corrected chi connectivity index (χ0v) is 16.6. The molecule has 0 amide bonds. The predicted molar refractivity (Wildman–Crippen MR) is 113 cm³/mol. The van der Waals surface area contributed by atoms with Crippen molar-refractivity contribution < 1.29 is 22.3 Å². The zero-order chi connectivity index (χ0) is 21.7. The molecule has 3 aromatic carbocycles. The molecular formula is C25H20F4O. The van der Waals surface area contributed by atoms with Crippen molar-refractivity contribution in [3.63, 3.8) is 0 Å². The second-order valence-corrected chi connectivity index (χ2v) is 6.50. The quantitative estimate of drug-likeness (QED) is 0.301. The summed E-state index contributed by atoms with van der Waals surface area (Å²) in [5, 5.41) is 0. The number of hydrogen-bond donors (Lipinski definition) is 0. The van der Waals surface area contributed by atoms with Crippen LogP contribution in [-0.4, -0.2) is 6.61 Å². The molecule has 1 nitrogen and oxygen atoms in total. The fraction of sp³-hybridized carbons (Fsp3) is 0.120. The molecule has 0 aliphatic heterocycles. The monoisotopic (exact) mass is 412 g/mol. The van der Waals surface area contributed by atoms with Crippen molar-refractivity contribution in [3.8, 4) is 16.9 Å². The molecule has 5 heteroatoms. The Morgan fingerprint density at radius 2 is 1.33 bits per heavy atom. The van der Waals surface area contributed by atoms with Crippen LogP contribution in [0.2, 0.25) is 0 Å². The van der Waals surface area contributed by atoms with Crippen molar-refractivity contribution in [2.24, 2.45) is 0 Å². The molecule has 0 N–H and O–H groups in total. The van der Waals surface area contributed by atoms with Gasteiger partial charge in [-0.05, 0) is 37.1 Å². The number of benzene rings is 3. The summed E-state index contributed by atoms with van der Waals surface area (Å²) in [6, 6.07) is 12.5. The maximum absolute atomic E-state index is 14.4. The molecule has 0 aromatic heterocycles. The normalized spacial score (nSPS) is 11.5. The van der Waals surface area contributed by atoms with E-state index in [-0.39, 0.29) is 29.0 Å². The summed E-state index contributed by atoms with van der Waals surface area (Å²) in [6.45, 7) is 3.65. The molecule has 0 aliphatic rings. The van der Waals surface area contributed by atoms with E-state index in [4.69, 9.17) is 4.74 Å². The van der Waals surface area contributed by atoms with E-state index in [1.807, 2.05) is 0 Å². The Balaban J connectivity index is 1.83. The molecule has 0 atom stereocenters. The lowest BCUT2D eigenvalue weighted by Crippen LogP contribution is -1.98. The Bertz CT molecular complexity index is 1100. The van der Waals surface area contributed by atoms with Crippen LogP contribution in [0.25, 0.3) is 29.4 Å². The largest absolute Gasteiger partial charge is 0.491 e. The summed E-state index contributed by atoms with van der Waals surface area (Å²) < 4.78 is 61.7. The number of ether oxygens (including phenoxy) is 1. The third-order valence-electron chi connectivity index (χ3n) is 4.51. The molecule has 154 valence electrons. The first-order chi connectivity index (χ1) is 14.5. The molecule has 0 unspecified atom stereocenters. The van der Waals surface area contributed by atoms with E-state index in [0.29, 0.717) is 11.1 Å². The lowest BCUT2D eigenvalue weighted by atomic mass is 10.0. The highest BCUT2D eigenvalue weighted by Crippen LogP contribution is 2.30. The van der Waals surface area contributed by atoms with Crippen LogP contribution in [-0.2, 0) is 0 Å². The van der Waals surface area contributed by atoms with Crippen LogP contribution in [0.5, 0.6) is 5.75 Å². The van der Waals surface area contributed by atoms with Crippen LogP contribution in [0, 0.1) is 23.3 Å². The van der Waals surface area contributed by atoms with Crippen molar-refractivity contribution in [2.75, 3.05) is 6.61 Å². The Morgan fingerprint density at radius 3 is 1.93 bits per heavy atom. The average Bonchev–Trinajstić information content (AvgIpc) is 2.75. The summed E-state index contributed by atoms with van der Waals surface area (Å²) in [5.41, 5.74) is 1.59. The van der Waals surface area contributed by atoms with Crippen LogP contribution < -0.4 is 4.74 Å². The molecule has 0 bridgehead atoms. The minimum atomic E-state index is -1.03. The Labute approximate surface area is 172 Å². The summed E-state index contributed by atoms with van der Waals surface area (Å²) in [6.07, 6.45) is 6.21. The molecule has 0 radical (unpaired) electrons. The molecule has 0 aliphatic carbocycles. The second-order valence-electron chi connectivity index (χ2n) is 6.50. The van der Waals surface area contributed by atoms with Gasteiger partial charge in [-0.15, -0.1) is 0 Å². The Kier molecular flexibility index (Phi) is 6.72. The van der Waals surface area contributed by atoms with Gasteiger partial charge in [0.2, 0.25) is 5.82 Å². The Hall–Kier alpha value is -3.34. The first-order valence-electron chi connectivity index (χ1n) is 9.46. The van der Waals surface area contributed by atoms with Gasteiger partial charge in [-0.3, -0.25) is 0 Å². The molecule has 0 saturated carbocycles. The standard InChI is InChI=1S/C25H20F4O/c1-3-5-18-12-13-19(23(27)22(18)26)11-8-16-6-9-17(10-7-16)20-14-15-21(30-4-2)25(29)24(20)28/h3,5-15H,4H2,1-2H3/b5-3+,11-8+. The third kappa shape index (κ3) is 4.46. The van der Waals surface area contributed by atoms with Gasteiger partial charge in [0.1, 0.15) is 0 Å². The van der Waals surface area contributed by atoms with E-state index in [2.05, 4.69) is 0 Å². The van der Waals surface area contributed by atoms with Crippen molar-refractivity contribution in [3.05, 3.63) is 94.6 Å². The fourth-order valence-corrected chi connectivity index (χ4v) is 3.00. The van der Waals surface area contributed by atoms with E-state index in [0.717, 1.165) is 0 Å². The van der Waals surface area contributed by atoms with E-state index in [1.165, 1.54) is 36.4 Å². The maximum Gasteiger partial charge on any atom is 0.201 e. The first-order valence-corrected chi connectivity index (χ1v) is 9.46. The van der Waals surface area contributed by atoms with Crippen LogP contribution in [0.3, 0.4) is 0 Å². The molecule has 0 heterocycles. The van der Waals surface area contributed by atoms with Gasteiger partial charge in [0.15, 0.2) is 23.2 Å². The van der Waals surface area contributed by atoms with Crippen LogP contribution >= 0.6 is 0 Å². The van der Waals surface area contributed by atoms with Crippen molar-refractivity contribution in [1.82, 2.24) is 0 Å². The molecule has 30 heavy (non-hydrogen) atoms. The molecular weight excluding hydrogens is 392 g/mol. The van der Waals surface area contributed by atoms with Gasteiger partial charge in [-0.25, -0.2) is 13.2 Å². The third-order valence-corrected chi connectivity index (χ3v) is 4.51. The zero-order valence-electron chi connectivity index (χ0n) is 16.6. The molecule has 3 aromatic rings. The number of halogens is 4. The van der Waals surface area contributed by atoms with Gasteiger partial charge in [-0.1, -0.05) is 60.7 Å². The second kappa shape index (κ2) is 9.44. The molecule has 0 spiro atoms. The highest BCUT2D eigenvalue weighted by atomic mass is 19.2. The molecule has 3 rings (SSSR count). The van der Waals surface area contributed by atoms with Crippen molar-refractivity contribution in [1.29, 1.82) is 0 Å². The van der Waals surface area contributed by atoms with Crippen LogP contribution in [0.4, 0.5) is 17.6 Å². The van der Waals surface area contributed by atoms with Gasteiger partial charge in [0, 0.05) is 16.7 Å². The fourth-order valence-electron chi connectivity index (χ4n) is 3.00. The minimum Gasteiger partial charge on any atom is -0.491 e. The van der Waals surface area contributed by atoms with Gasteiger partial charge in [0.25, 0.3) is 0 Å². The SMILES string of the molecule is C/C=C/c1ccc(/C=C/c2ccc(-c3ccc(OCC)c(F)c3F)cc2)c(F)c1F. The van der Waals surface area contributed by atoms with E-state index < -0.39 is 23.3 Å². The van der Waals surface area contributed by atoms with Gasteiger partial charge < -0.3 is 4.74 Å². The first kappa shape index (κ1) is 21.4. The highest BCUT2D eigenvalue weighted by molar-refractivity contribution is 5.73. The predicted octanol–water partition coefficient (Wildman–Crippen LogP) is 7.51. The summed E-state index contributed by atoms with van der Waals surface area (Å²) in [5.74, 6) is -3.97. The van der Waals surface area contributed by atoms with Crippen molar-refractivity contribution in [2.45, 2.75) is 13.8 Å². The number of allylic oxidation sites excluding steroid dienone is 1. The summed E-state index contributed by atoms with van der Waals surface area (Å²) in [7, 11) is 0. The van der Waals surface area contributed by atoms with Gasteiger partial charge >= 0.3 is 0 Å². The van der Waals surface area contributed by atoms with E-state index in [9.17, 15) is 17.6 Å². The van der Waals surface area contributed by atoms with Gasteiger partial charge in [0.05, 0.1) is 6.61 Å². The highest BCUT2D eigenvalue weighted by Gasteiger charge is 2.15. The van der Waals surface area contributed by atoms with Crippen LogP contribution in [0.15, 0.2) is 54.6 Å². The minimum absolute atomic E-state index is 0.110. The topological polar surface area (TPSA) is 9.23 Å².